The summed E-state index contributed by atoms with van der Waals surface area (Å²) >= 11 is 0. The van der Waals surface area contributed by atoms with Gasteiger partial charge in [0, 0.05) is 18.3 Å². The Morgan fingerprint density at radius 2 is 2.31 bits per heavy atom. The van der Waals surface area contributed by atoms with Crippen molar-refractivity contribution in [3.05, 3.63) is 45.5 Å². The van der Waals surface area contributed by atoms with E-state index in [4.69, 9.17) is 6.94 Å². The highest BCUT2D eigenvalue weighted by Gasteiger charge is 2.03. The van der Waals surface area contributed by atoms with Crippen molar-refractivity contribution in [2.45, 2.75) is 6.92 Å². The maximum absolute atomic E-state index is 10.2. The molecule has 0 fully saturated rings. The summed E-state index contributed by atoms with van der Waals surface area (Å²) in [6, 6.07) is 5.68. The van der Waals surface area contributed by atoms with Crippen molar-refractivity contribution < 1.29 is 11.1 Å². The summed E-state index contributed by atoms with van der Waals surface area (Å²) in [4.78, 5) is 12.5. The first-order valence-corrected chi connectivity index (χ1v) is 5.41. The molecule has 1 aromatic rings. The molecule has 0 saturated carbocycles. The molecule has 1 N–H and O–H groups in total. The van der Waals surface area contributed by atoms with Gasteiger partial charge < -0.3 is 5.53 Å². The number of nitro benzene ring substituents is 1. The Hall–Kier alpha value is -1.90. The summed E-state index contributed by atoms with van der Waals surface area (Å²) in [5.41, 5.74) is 8.77. The molecule has 84 valence electrons. The average Bonchev–Trinajstić information content (AvgIpc) is 2.32. The molecule has 0 saturated heterocycles. The summed E-state index contributed by atoms with van der Waals surface area (Å²) in [6.45, 7) is 1.99. The minimum absolute atomic E-state index is 0.0186. The van der Waals surface area contributed by atoms with E-state index >= 15 is 0 Å². The number of rotatable bonds is 3. The van der Waals surface area contributed by atoms with Gasteiger partial charge in [0.1, 0.15) is 0 Å². The largest absolute Gasteiger partial charge is 0.361 e. The Morgan fingerprint density at radius 3 is 2.62 bits per heavy atom. The third kappa shape index (κ3) is 5.75. The maximum Gasteiger partial charge on any atom is 0.287 e. The summed E-state index contributed by atoms with van der Waals surface area (Å²) < 4.78 is 6.22. The highest BCUT2D eigenvalue weighted by Crippen LogP contribution is 2.09. The van der Waals surface area contributed by atoms with Crippen molar-refractivity contribution in [1.82, 2.24) is 0 Å². The molecule has 0 aliphatic rings. The van der Waals surface area contributed by atoms with Gasteiger partial charge in [0.15, 0.2) is 1.41 Å². The molecule has 0 heterocycles. The van der Waals surface area contributed by atoms with Crippen LogP contribution in [0.4, 0.5) is 5.69 Å². The first kappa shape index (κ1) is 12.2. The lowest BCUT2D eigenvalue weighted by Crippen LogP contribution is -1.88. The predicted molar refractivity (Wildman–Crippen MR) is 62.1 cm³/mol. The molecule has 0 unspecified atom stereocenters. The number of nitrogens with one attached hydrogen (secondary N) is 1. The van der Waals surface area contributed by atoms with Gasteiger partial charge >= 0.3 is 0 Å². The lowest BCUT2D eigenvalue weighted by atomic mass is 10.2. The number of benzene rings is 1. The summed E-state index contributed by atoms with van der Waals surface area (Å²) in [7, 11) is 0.872. The van der Waals surface area contributed by atoms with Crippen molar-refractivity contribution in [3.63, 3.8) is 0 Å². The standard InChI is InChI=1S/C7H5N3O2.C2H6NP/c8-9-5-6-1-3-7(4-2-6)10(11)12;1-2-4-3/h1-5H;3H,2H2,1H3/i/hD. The van der Waals surface area contributed by atoms with Crippen LogP contribution in [-0.2, 0) is 0 Å². The van der Waals surface area contributed by atoms with Gasteiger partial charge in [-0.2, -0.15) is 4.79 Å². The highest BCUT2D eigenvalue weighted by molar-refractivity contribution is 7.24. The molecular weight excluding hydrogens is 227 g/mol. The number of hydrogen-bond donors (Lipinski definition) is 1. The van der Waals surface area contributed by atoms with Crippen LogP contribution in [0.3, 0.4) is 0 Å². The molecule has 16 heavy (non-hydrogen) atoms. The van der Waals surface area contributed by atoms with Gasteiger partial charge in [-0.1, -0.05) is 6.92 Å². The number of non-ortho nitro benzene ring substituents is 1. The van der Waals surface area contributed by atoms with E-state index in [1.54, 1.807) is 0 Å². The zero-order valence-electron chi connectivity index (χ0n) is 9.65. The van der Waals surface area contributed by atoms with Crippen molar-refractivity contribution in [3.8, 4) is 0 Å². The van der Waals surface area contributed by atoms with Crippen LogP contribution in [0.25, 0.3) is 5.53 Å². The van der Waals surface area contributed by atoms with Crippen molar-refractivity contribution in [2.75, 3.05) is 6.16 Å². The van der Waals surface area contributed by atoms with E-state index in [1.165, 1.54) is 30.5 Å². The second-order valence-electron chi connectivity index (χ2n) is 2.55. The molecule has 0 radical (unpaired) electrons. The minimum atomic E-state index is -0.486. The Morgan fingerprint density at radius 1 is 1.69 bits per heavy atom. The number of hydrogen-bond acceptors (Lipinski definition) is 3. The molecule has 7 heteroatoms. The fourth-order valence-corrected chi connectivity index (χ4v) is 0.749. The monoisotopic (exact) mass is 239 g/mol. The molecule has 1 rings (SSSR count). The molecule has 0 aromatic heterocycles. The van der Waals surface area contributed by atoms with Gasteiger partial charge in [0.25, 0.3) is 11.9 Å². The zero-order chi connectivity index (χ0) is 13.1. The molecule has 0 aliphatic carbocycles. The third-order valence-electron chi connectivity index (χ3n) is 1.45. The van der Waals surface area contributed by atoms with Crippen LogP contribution in [0, 0.1) is 15.3 Å². The molecule has 0 bridgehead atoms. The average molecular weight is 239 g/mol. The van der Waals surface area contributed by atoms with Crippen LogP contribution in [0.5, 0.6) is 0 Å². The zero-order valence-corrected chi connectivity index (χ0v) is 9.54. The number of nitro groups is 1. The van der Waals surface area contributed by atoms with E-state index in [1.807, 2.05) is 6.92 Å². The minimum Gasteiger partial charge on any atom is -0.361 e. The Labute approximate surface area is 95.8 Å². The molecule has 0 aliphatic heterocycles. The van der Waals surface area contributed by atoms with E-state index in [9.17, 15) is 10.1 Å². The molecule has 0 amide bonds. The van der Waals surface area contributed by atoms with Crippen LogP contribution >= 0.6 is 8.37 Å². The SMILES string of the molecule is [2H]N=PCC.[N-]=[N+]=Cc1ccc([N+](=O)[O-])cc1. The van der Waals surface area contributed by atoms with E-state index in [0.717, 1.165) is 14.5 Å². The van der Waals surface area contributed by atoms with Crippen LogP contribution in [0.15, 0.2) is 24.3 Å². The first-order chi connectivity index (χ1) is 8.15. The lowest BCUT2D eigenvalue weighted by Gasteiger charge is -1.88. The Bertz CT molecular complexity index is 408. The van der Waals surface area contributed by atoms with E-state index in [2.05, 4.69) is 9.94 Å². The molecule has 0 spiro atoms. The molecule has 6 nitrogen and oxygen atoms in total. The fraction of sp³-hybridized carbons (Fsp3) is 0.222. The normalized spacial score (nSPS) is 9.69. The second-order valence-corrected chi connectivity index (χ2v) is 3.47. The summed E-state index contributed by atoms with van der Waals surface area (Å²) in [5, 5.41) is 13.3. The maximum atomic E-state index is 10.2. The van der Waals surface area contributed by atoms with Gasteiger partial charge in [-0.15, -0.1) is 0 Å². The molecule has 1 aromatic carbocycles. The van der Waals surface area contributed by atoms with E-state index < -0.39 is 4.92 Å². The van der Waals surface area contributed by atoms with Crippen LogP contribution in [0.2, 0.25) is 1.41 Å². The highest BCUT2D eigenvalue weighted by atomic mass is 31.1. The van der Waals surface area contributed by atoms with Gasteiger partial charge in [-0.25, -0.2) is 0 Å². The third-order valence-corrected chi connectivity index (χ3v) is 1.73. The molecular formula is C9H11N4O2P. The van der Waals surface area contributed by atoms with E-state index in [0.29, 0.717) is 5.56 Å². The van der Waals surface area contributed by atoms with Gasteiger partial charge in [-0.3, -0.25) is 15.3 Å². The van der Waals surface area contributed by atoms with E-state index in [-0.39, 0.29) is 5.69 Å². The topological polar surface area (TPSA) is 103 Å². The smallest absolute Gasteiger partial charge is 0.287 e. The lowest BCUT2D eigenvalue weighted by molar-refractivity contribution is -0.384. The number of nitrogens with zero attached hydrogens (tertiary/aromatic N) is 3. The first-order valence-electron chi connectivity index (χ1n) is 4.83. The van der Waals surface area contributed by atoms with Crippen molar-refractivity contribution in [1.29, 1.82) is 5.15 Å². The summed E-state index contributed by atoms with van der Waals surface area (Å²) in [5.74, 6) is 0. The second kappa shape index (κ2) is 8.41. The quantitative estimate of drug-likeness (QED) is 0.219. The van der Waals surface area contributed by atoms with Gasteiger partial charge in [-0.05, 0) is 20.5 Å². The molecule has 0 atom stereocenters. The Balaban J connectivity index is 0.000000437. The van der Waals surface area contributed by atoms with Gasteiger partial charge in [0.2, 0.25) is 0 Å². The van der Waals surface area contributed by atoms with Crippen LogP contribution in [0.1, 0.15) is 12.5 Å². The predicted octanol–water partition coefficient (Wildman–Crippen LogP) is 2.96. The van der Waals surface area contributed by atoms with Crippen molar-refractivity contribution in [2.24, 2.45) is 0 Å². The Kier molecular flexibility index (Phi) is 6.40. The van der Waals surface area contributed by atoms with Crippen LogP contribution in [-0.4, -0.2) is 22.1 Å². The fourth-order valence-electron chi connectivity index (χ4n) is 0.749. The van der Waals surface area contributed by atoms with Gasteiger partial charge in [0.05, 0.1) is 10.5 Å². The van der Waals surface area contributed by atoms with Crippen molar-refractivity contribution >= 4 is 20.3 Å². The summed E-state index contributed by atoms with van der Waals surface area (Å²) in [6.07, 6.45) is 2.16. The van der Waals surface area contributed by atoms with Crippen LogP contribution < -0.4 is 0 Å².